The number of halogens is 2. The van der Waals surface area contributed by atoms with Gasteiger partial charge >= 0.3 is 11.9 Å². The van der Waals surface area contributed by atoms with Gasteiger partial charge < -0.3 is 19.1 Å². The Labute approximate surface area is 140 Å². The Hall–Kier alpha value is -1.93. The number of methoxy groups -OCH3 is 2. The van der Waals surface area contributed by atoms with E-state index in [0.29, 0.717) is 15.7 Å². The van der Waals surface area contributed by atoms with E-state index in [0.717, 1.165) is 0 Å². The van der Waals surface area contributed by atoms with Gasteiger partial charge in [0.15, 0.2) is 0 Å². The van der Waals surface area contributed by atoms with E-state index < -0.39 is 17.8 Å². The molecular formula is C15H15BrFNO5. The minimum atomic E-state index is -0.735. The van der Waals surface area contributed by atoms with Crippen LogP contribution >= 0.6 is 15.9 Å². The Balaban J connectivity index is 2.62. The zero-order valence-electron chi connectivity index (χ0n) is 12.8. The van der Waals surface area contributed by atoms with E-state index in [4.69, 9.17) is 9.47 Å². The molecule has 0 radical (unpaired) electrons. The van der Waals surface area contributed by atoms with Crippen molar-refractivity contribution in [3.05, 3.63) is 39.3 Å². The van der Waals surface area contributed by atoms with Crippen molar-refractivity contribution in [1.29, 1.82) is 0 Å². The third kappa shape index (κ3) is 3.37. The maximum Gasteiger partial charge on any atom is 0.355 e. The molecule has 0 amide bonds. The molecule has 23 heavy (non-hydrogen) atoms. The number of hydrogen-bond acceptors (Lipinski definition) is 6. The predicted octanol–water partition coefficient (Wildman–Crippen LogP) is 2.29. The molecule has 124 valence electrons. The van der Waals surface area contributed by atoms with Crippen molar-refractivity contribution in [3.8, 4) is 0 Å². The van der Waals surface area contributed by atoms with E-state index in [1.807, 2.05) is 0 Å². The molecule has 2 rings (SSSR count). The molecule has 1 aromatic rings. The van der Waals surface area contributed by atoms with Crippen molar-refractivity contribution in [2.24, 2.45) is 0 Å². The minimum absolute atomic E-state index is 0.0125. The highest BCUT2D eigenvalue weighted by Gasteiger charge is 2.33. The summed E-state index contributed by atoms with van der Waals surface area (Å²) < 4.78 is 29.2. The first-order chi connectivity index (χ1) is 10.9. The smallest absolute Gasteiger partial charge is 0.355 e. The average Bonchev–Trinajstić information content (AvgIpc) is 2.56. The summed E-state index contributed by atoms with van der Waals surface area (Å²) in [5.41, 5.74) is 0.762. The van der Waals surface area contributed by atoms with Gasteiger partial charge in [0.05, 0.1) is 32.1 Å². The fourth-order valence-electron chi connectivity index (χ4n) is 2.18. The quantitative estimate of drug-likeness (QED) is 0.741. The molecule has 1 heterocycles. The number of anilines is 1. The van der Waals surface area contributed by atoms with Crippen LogP contribution < -0.4 is 4.90 Å². The van der Waals surface area contributed by atoms with Crippen molar-refractivity contribution in [2.45, 2.75) is 6.92 Å². The summed E-state index contributed by atoms with van der Waals surface area (Å²) in [6.45, 7) is 1.49. The first-order valence-electron chi connectivity index (χ1n) is 6.61. The van der Waals surface area contributed by atoms with E-state index in [1.165, 1.54) is 25.2 Å². The monoisotopic (exact) mass is 387 g/mol. The largest absolute Gasteiger partial charge is 0.466 e. The molecule has 0 fully saturated rings. The van der Waals surface area contributed by atoms with Gasteiger partial charge in [0.25, 0.3) is 0 Å². The first-order valence-corrected chi connectivity index (χ1v) is 7.40. The summed E-state index contributed by atoms with van der Waals surface area (Å²) in [7, 11) is 2.40. The molecule has 0 bridgehead atoms. The summed E-state index contributed by atoms with van der Waals surface area (Å²) in [6.07, 6.45) is 0. The van der Waals surface area contributed by atoms with Crippen molar-refractivity contribution < 1.29 is 28.2 Å². The number of hydrogen-bond donors (Lipinski definition) is 0. The van der Waals surface area contributed by atoms with E-state index in [-0.39, 0.29) is 24.6 Å². The van der Waals surface area contributed by atoms with Gasteiger partial charge in [-0.3, -0.25) is 0 Å². The number of aryl methyl sites for hydroxylation is 1. The Morgan fingerprint density at radius 3 is 2.52 bits per heavy atom. The highest BCUT2D eigenvalue weighted by atomic mass is 79.9. The molecule has 0 saturated heterocycles. The fraction of sp³-hybridized carbons (Fsp3) is 0.333. The molecular weight excluding hydrogens is 373 g/mol. The normalized spacial score (nSPS) is 14.7. The summed E-state index contributed by atoms with van der Waals surface area (Å²) in [4.78, 5) is 25.4. The molecule has 0 N–H and O–H groups in total. The molecule has 0 aliphatic carbocycles. The molecule has 1 aromatic carbocycles. The van der Waals surface area contributed by atoms with Crippen molar-refractivity contribution >= 4 is 33.6 Å². The summed E-state index contributed by atoms with van der Waals surface area (Å²) in [5.74, 6) is -1.89. The van der Waals surface area contributed by atoms with Crippen molar-refractivity contribution in [3.63, 3.8) is 0 Å². The van der Waals surface area contributed by atoms with Gasteiger partial charge in [-0.05, 0) is 40.5 Å². The van der Waals surface area contributed by atoms with E-state index in [9.17, 15) is 14.0 Å². The molecule has 1 aliphatic rings. The molecule has 0 saturated carbocycles. The van der Waals surface area contributed by atoms with Crippen LogP contribution in [0.5, 0.6) is 0 Å². The third-order valence-corrected chi connectivity index (χ3v) is 3.99. The minimum Gasteiger partial charge on any atom is -0.466 e. The second kappa shape index (κ2) is 7.10. The first kappa shape index (κ1) is 17.4. The standard InChI is InChI=1S/C15H15BrFNO5/c1-8-4-10(16)12(5-11(8)17)18-7-23-6-9(14(19)21-2)13(18)15(20)22-3/h4-5H,6-7H2,1-3H3. The number of ether oxygens (including phenoxy) is 3. The lowest BCUT2D eigenvalue weighted by Gasteiger charge is -2.32. The second-order valence-electron chi connectivity index (χ2n) is 4.77. The average molecular weight is 388 g/mol. The molecule has 0 atom stereocenters. The predicted molar refractivity (Wildman–Crippen MR) is 83.2 cm³/mol. The molecule has 0 spiro atoms. The van der Waals surface area contributed by atoms with Crippen LogP contribution in [0, 0.1) is 12.7 Å². The van der Waals surface area contributed by atoms with Crippen LogP contribution in [0.2, 0.25) is 0 Å². The third-order valence-electron chi connectivity index (χ3n) is 3.35. The van der Waals surface area contributed by atoms with Crippen LogP contribution in [0.15, 0.2) is 27.9 Å². The van der Waals surface area contributed by atoms with Gasteiger partial charge in [-0.15, -0.1) is 0 Å². The van der Waals surface area contributed by atoms with Crippen LogP contribution in [-0.2, 0) is 23.8 Å². The van der Waals surface area contributed by atoms with Crippen LogP contribution in [0.4, 0.5) is 10.1 Å². The number of rotatable bonds is 3. The van der Waals surface area contributed by atoms with E-state index >= 15 is 0 Å². The fourth-order valence-corrected chi connectivity index (χ4v) is 2.85. The lowest BCUT2D eigenvalue weighted by molar-refractivity contribution is -0.140. The van der Waals surface area contributed by atoms with Crippen molar-refractivity contribution in [2.75, 3.05) is 32.5 Å². The van der Waals surface area contributed by atoms with Crippen LogP contribution in [0.25, 0.3) is 0 Å². The lowest BCUT2D eigenvalue weighted by atomic mass is 10.1. The van der Waals surface area contributed by atoms with Gasteiger partial charge in [0.2, 0.25) is 0 Å². The summed E-state index contributed by atoms with van der Waals surface area (Å²) >= 11 is 3.33. The Bertz CT molecular complexity index is 689. The van der Waals surface area contributed by atoms with Gasteiger partial charge in [-0.25, -0.2) is 14.0 Å². The maximum absolute atomic E-state index is 13.9. The zero-order chi connectivity index (χ0) is 17.1. The molecule has 1 aliphatic heterocycles. The van der Waals surface area contributed by atoms with Gasteiger partial charge in [0.1, 0.15) is 18.2 Å². The zero-order valence-corrected chi connectivity index (χ0v) is 14.4. The second-order valence-corrected chi connectivity index (χ2v) is 5.62. The summed E-state index contributed by atoms with van der Waals surface area (Å²) in [5, 5.41) is 0. The van der Waals surface area contributed by atoms with Gasteiger partial charge in [-0.2, -0.15) is 0 Å². The number of benzene rings is 1. The number of esters is 2. The number of carbonyl (C=O) groups excluding carboxylic acids is 2. The molecule has 0 unspecified atom stereocenters. The number of carbonyl (C=O) groups is 2. The van der Waals surface area contributed by atoms with E-state index in [1.54, 1.807) is 13.0 Å². The number of nitrogens with zero attached hydrogens (tertiary/aromatic N) is 1. The Morgan fingerprint density at radius 2 is 1.91 bits per heavy atom. The van der Waals surface area contributed by atoms with Gasteiger partial charge in [-0.1, -0.05) is 0 Å². The molecule has 0 aromatic heterocycles. The Morgan fingerprint density at radius 1 is 1.26 bits per heavy atom. The lowest BCUT2D eigenvalue weighted by Crippen LogP contribution is -2.39. The maximum atomic E-state index is 13.9. The van der Waals surface area contributed by atoms with Crippen LogP contribution in [-0.4, -0.2) is 39.5 Å². The SMILES string of the molecule is COC(=O)C1=C(C(=O)OC)N(c2cc(F)c(C)cc2Br)COC1. The topological polar surface area (TPSA) is 65.1 Å². The van der Waals surface area contributed by atoms with E-state index in [2.05, 4.69) is 20.7 Å². The van der Waals surface area contributed by atoms with Crippen LogP contribution in [0.3, 0.4) is 0 Å². The van der Waals surface area contributed by atoms with Crippen molar-refractivity contribution in [1.82, 2.24) is 0 Å². The Kier molecular flexibility index (Phi) is 5.38. The van der Waals surface area contributed by atoms with Crippen LogP contribution in [0.1, 0.15) is 5.56 Å². The molecule has 6 nitrogen and oxygen atoms in total. The van der Waals surface area contributed by atoms with Gasteiger partial charge in [0, 0.05) is 4.47 Å². The molecule has 8 heteroatoms. The summed E-state index contributed by atoms with van der Waals surface area (Å²) in [6, 6.07) is 2.83. The highest BCUT2D eigenvalue weighted by molar-refractivity contribution is 9.10. The highest BCUT2D eigenvalue weighted by Crippen LogP contribution is 2.34.